The van der Waals surface area contributed by atoms with Crippen LogP contribution in [0.2, 0.25) is 0 Å². The maximum Gasteiger partial charge on any atom is 0.317 e. The molecular formula is C16H30N4O3S. The average molecular weight is 359 g/mol. The summed E-state index contributed by atoms with van der Waals surface area (Å²) in [6.45, 7) is 6.80. The monoisotopic (exact) mass is 358 g/mol. The predicted octanol–water partition coefficient (Wildman–Crippen LogP) is 0.0931. The number of hydrogen-bond donors (Lipinski definition) is 1. The molecule has 0 aromatic carbocycles. The molecule has 3 amide bonds. The van der Waals surface area contributed by atoms with E-state index in [4.69, 9.17) is 0 Å². The van der Waals surface area contributed by atoms with Gasteiger partial charge in [0, 0.05) is 68.1 Å². The van der Waals surface area contributed by atoms with Crippen molar-refractivity contribution in [2.75, 3.05) is 57.8 Å². The molecule has 0 saturated carbocycles. The number of rotatable bonds is 5. The largest absolute Gasteiger partial charge is 0.342 e. The molecule has 0 bridgehead atoms. The Morgan fingerprint density at radius 1 is 1.00 bits per heavy atom. The number of urea groups is 1. The summed E-state index contributed by atoms with van der Waals surface area (Å²) < 4.78 is 11.2. The normalized spacial score (nSPS) is 22.1. The van der Waals surface area contributed by atoms with E-state index in [2.05, 4.69) is 10.2 Å². The van der Waals surface area contributed by atoms with Crippen molar-refractivity contribution >= 4 is 22.7 Å². The highest BCUT2D eigenvalue weighted by Crippen LogP contribution is 2.10. The molecule has 7 nitrogen and oxygen atoms in total. The molecule has 24 heavy (non-hydrogen) atoms. The van der Waals surface area contributed by atoms with Gasteiger partial charge in [-0.1, -0.05) is 0 Å². The number of nitrogens with one attached hydrogen (secondary N) is 1. The van der Waals surface area contributed by atoms with Crippen LogP contribution < -0.4 is 5.32 Å². The Hall–Kier alpha value is -1.15. The smallest absolute Gasteiger partial charge is 0.317 e. The molecule has 1 N–H and O–H groups in total. The van der Waals surface area contributed by atoms with Gasteiger partial charge in [-0.15, -0.1) is 0 Å². The Labute approximate surface area is 147 Å². The zero-order valence-corrected chi connectivity index (χ0v) is 15.6. The fraction of sp³-hybridized carbons (Fsp3) is 0.875. The summed E-state index contributed by atoms with van der Waals surface area (Å²) in [5, 5.41) is 2.89. The molecule has 0 radical (unpaired) electrons. The van der Waals surface area contributed by atoms with E-state index in [9.17, 15) is 13.8 Å². The molecule has 138 valence electrons. The summed E-state index contributed by atoms with van der Waals surface area (Å²) in [6, 6.07) is -0.197. The van der Waals surface area contributed by atoms with Crippen molar-refractivity contribution in [1.82, 2.24) is 20.0 Å². The maximum absolute atomic E-state index is 12.3. The van der Waals surface area contributed by atoms with Crippen molar-refractivity contribution in [2.45, 2.75) is 32.2 Å². The summed E-state index contributed by atoms with van der Waals surface area (Å²) in [4.78, 5) is 30.4. The minimum atomic E-state index is -0.916. The second kappa shape index (κ2) is 9.36. The molecule has 2 aliphatic heterocycles. The maximum atomic E-state index is 12.3. The molecule has 0 aromatic rings. The third kappa shape index (κ3) is 6.05. The molecular weight excluding hydrogens is 328 g/mol. The van der Waals surface area contributed by atoms with Crippen LogP contribution in [-0.2, 0) is 15.6 Å². The first-order chi connectivity index (χ1) is 11.5. The third-order valence-corrected chi connectivity index (χ3v) is 5.55. The lowest BCUT2D eigenvalue weighted by Gasteiger charge is -2.36. The highest BCUT2D eigenvalue weighted by atomic mass is 32.2. The van der Waals surface area contributed by atoms with Crippen LogP contribution in [0.25, 0.3) is 0 Å². The lowest BCUT2D eigenvalue weighted by atomic mass is 10.1. The van der Waals surface area contributed by atoms with E-state index < -0.39 is 10.8 Å². The minimum Gasteiger partial charge on any atom is -0.342 e. The lowest BCUT2D eigenvalue weighted by molar-refractivity contribution is -0.133. The topological polar surface area (TPSA) is 73.0 Å². The van der Waals surface area contributed by atoms with E-state index in [1.165, 1.54) is 6.42 Å². The van der Waals surface area contributed by atoms with Crippen LogP contribution in [0.15, 0.2) is 0 Å². The number of piperazine rings is 1. The first-order valence-corrected chi connectivity index (χ1v) is 10.5. The molecule has 0 aromatic heterocycles. The Bertz CT molecular complexity index is 460. The predicted molar refractivity (Wildman–Crippen MR) is 95.4 cm³/mol. The fourth-order valence-electron chi connectivity index (χ4n) is 3.24. The molecule has 0 aliphatic carbocycles. The van der Waals surface area contributed by atoms with E-state index >= 15 is 0 Å². The summed E-state index contributed by atoms with van der Waals surface area (Å²) in [5.41, 5.74) is 0. The molecule has 2 aliphatic rings. The molecule has 2 fully saturated rings. The van der Waals surface area contributed by atoms with E-state index in [0.717, 1.165) is 39.0 Å². The Morgan fingerprint density at radius 2 is 1.62 bits per heavy atom. The van der Waals surface area contributed by atoms with Crippen molar-refractivity contribution in [3.05, 3.63) is 0 Å². The van der Waals surface area contributed by atoms with Gasteiger partial charge in [-0.05, 0) is 26.2 Å². The summed E-state index contributed by atoms with van der Waals surface area (Å²) >= 11 is 0. The molecule has 2 heterocycles. The van der Waals surface area contributed by atoms with E-state index in [1.54, 1.807) is 11.2 Å². The van der Waals surface area contributed by atoms with Gasteiger partial charge in [-0.3, -0.25) is 13.9 Å². The van der Waals surface area contributed by atoms with Crippen LogP contribution in [0.4, 0.5) is 4.79 Å². The van der Waals surface area contributed by atoms with Crippen LogP contribution in [0.1, 0.15) is 26.2 Å². The zero-order valence-electron chi connectivity index (χ0n) is 14.8. The van der Waals surface area contributed by atoms with Gasteiger partial charge >= 0.3 is 6.03 Å². The average Bonchev–Trinajstić information content (AvgIpc) is 2.55. The standard InChI is InChI=1S/C16H30N4O3S/c1-14(13-24(2)23)17-16(22)20-10-8-18(9-11-20)12-15(21)19-6-4-3-5-7-19/h14H,3-13H2,1-2H3,(H,17,22). The van der Waals surface area contributed by atoms with Gasteiger partial charge in [-0.2, -0.15) is 0 Å². The Kier molecular flexibility index (Phi) is 7.48. The Morgan fingerprint density at radius 3 is 2.21 bits per heavy atom. The molecule has 8 heteroatoms. The number of nitrogens with zero attached hydrogens (tertiary/aromatic N) is 3. The van der Waals surface area contributed by atoms with Gasteiger partial charge in [0.25, 0.3) is 0 Å². The van der Waals surface area contributed by atoms with Crippen LogP contribution in [0.3, 0.4) is 0 Å². The van der Waals surface area contributed by atoms with Gasteiger partial charge in [-0.25, -0.2) is 4.79 Å². The highest BCUT2D eigenvalue weighted by Gasteiger charge is 2.25. The molecule has 2 saturated heterocycles. The summed E-state index contributed by atoms with van der Waals surface area (Å²) in [7, 11) is -0.916. The number of likely N-dealkylation sites (tertiary alicyclic amines) is 1. The second-order valence-corrected chi connectivity index (χ2v) is 8.27. The second-order valence-electron chi connectivity index (χ2n) is 6.80. The molecule has 2 rings (SSSR count). The first-order valence-electron chi connectivity index (χ1n) is 8.81. The SMILES string of the molecule is CC(CS(C)=O)NC(=O)N1CCN(CC(=O)N2CCCCC2)CC1. The highest BCUT2D eigenvalue weighted by molar-refractivity contribution is 7.84. The van der Waals surface area contributed by atoms with Gasteiger partial charge in [0.2, 0.25) is 5.91 Å². The van der Waals surface area contributed by atoms with Crippen molar-refractivity contribution in [3.8, 4) is 0 Å². The van der Waals surface area contributed by atoms with E-state index in [1.807, 2.05) is 11.8 Å². The number of hydrogen-bond acceptors (Lipinski definition) is 4. The molecule has 0 spiro atoms. The summed E-state index contributed by atoms with van der Waals surface area (Å²) in [6.07, 6.45) is 5.09. The third-order valence-electron chi connectivity index (χ3n) is 4.58. The Balaban J connectivity index is 1.69. The van der Waals surface area contributed by atoms with Gasteiger partial charge in [0.15, 0.2) is 0 Å². The van der Waals surface area contributed by atoms with Crippen molar-refractivity contribution in [1.29, 1.82) is 0 Å². The number of carbonyl (C=O) groups excluding carboxylic acids is 2. The fourth-order valence-corrected chi connectivity index (χ4v) is 4.03. The van der Waals surface area contributed by atoms with Gasteiger partial charge in [0.1, 0.15) is 0 Å². The van der Waals surface area contributed by atoms with Crippen LogP contribution in [-0.4, -0.2) is 94.7 Å². The molecule has 2 unspecified atom stereocenters. The van der Waals surface area contributed by atoms with Crippen LogP contribution in [0, 0.1) is 0 Å². The summed E-state index contributed by atoms with van der Waals surface area (Å²) in [5.74, 6) is 0.683. The van der Waals surface area contributed by atoms with Crippen LogP contribution in [0.5, 0.6) is 0 Å². The van der Waals surface area contributed by atoms with Crippen molar-refractivity contribution in [2.24, 2.45) is 0 Å². The number of amides is 3. The number of piperidine rings is 1. The van der Waals surface area contributed by atoms with Crippen LogP contribution >= 0.6 is 0 Å². The molecule has 2 atom stereocenters. The van der Waals surface area contributed by atoms with Crippen molar-refractivity contribution in [3.63, 3.8) is 0 Å². The minimum absolute atomic E-state index is 0.0953. The lowest BCUT2D eigenvalue weighted by Crippen LogP contribution is -2.55. The zero-order chi connectivity index (χ0) is 17.5. The van der Waals surface area contributed by atoms with E-state index in [-0.39, 0.29) is 18.0 Å². The van der Waals surface area contributed by atoms with Gasteiger partial charge < -0.3 is 15.1 Å². The van der Waals surface area contributed by atoms with E-state index in [0.29, 0.717) is 25.4 Å². The quantitative estimate of drug-likeness (QED) is 0.756. The number of carbonyl (C=O) groups is 2. The van der Waals surface area contributed by atoms with Gasteiger partial charge in [0.05, 0.1) is 6.54 Å². The first kappa shape index (κ1) is 19.2. The van der Waals surface area contributed by atoms with Crippen molar-refractivity contribution < 1.29 is 13.8 Å².